The van der Waals surface area contributed by atoms with Gasteiger partial charge >= 0.3 is 5.69 Å². The van der Waals surface area contributed by atoms with Gasteiger partial charge < -0.3 is 5.11 Å². The fourth-order valence-corrected chi connectivity index (χ4v) is 2.54. The zero-order chi connectivity index (χ0) is 12.4. The van der Waals surface area contributed by atoms with E-state index >= 15 is 0 Å². The Balaban J connectivity index is 2.31. The zero-order valence-corrected chi connectivity index (χ0v) is 9.98. The Morgan fingerprint density at radius 3 is 2.94 bits per heavy atom. The Morgan fingerprint density at radius 1 is 1.47 bits per heavy atom. The minimum absolute atomic E-state index is 0.101. The average molecular weight is 238 g/mol. The van der Waals surface area contributed by atoms with Crippen LogP contribution in [0.25, 0.3) is 0 Å². The second kappa shape index (κ2) is 4.87. The van der Waals surface area contributed by atoms with Crippen LogP contribution in [0.1, 0.15) is 37.3 Å². The summed E-state index contributed by atoms with van der Waals surface area (Å²) < 4.78 is 1.61. The maximum absolute atomic E-state index is 11.7. The molecular weight excluding hydrogens is 220 g/mol. The Hall–Kier alpha value is -1.36. The van der Waals surface area contributed by atoms with Gasteiger partial charge in [0, 0.05) is 24.4 Å². The summed E-state index contributed by atoms with van der Waals surface area (Å²) in [5.74, 6) is 0.271. The smallest absolute Gasteiger partial charge is 0.328 e. The molecule has 17 heavy (non-hydrogen) atoms. The number of aromatic amines is 1. The lowest BCUT2D eigenvalue weighted by Gasteiger charge is -2.29. The Labute approximate surface area is 99.1 Å². The molecule has 0 bridgehead atoms. The van der Waals surface area contributed by atoms with E-state index in [1.54, 1.807) is 17.7 Å². The van der Waals surface area contributed by atoms with Gasteiger partial charge in [0.2, 0.25) is 0 Å². The number of nitrogens with zero attached hydrogens (tertiary/aromatic N) is 1. The SMILES string of the molecule is Cc1cn([C@H]2CCC[C@@H](CO)C2)c(=O)[nH]c1=O. The van der Waals surface area contributed by atoms with Crippen molar-refractivity contribution in [3.05, 3.63) is 32.6 Å². The monoisotopic (exact) mass is 238 g/mol. The van der Waals surface area contributed by atoms with E-state index in [4.69, 9.17) is 0 Å². The van der Waals surface area contributed by atoms with Crippen LogP contribution in [0.5, 0.6) is 0 Å². The minimum Gasteiger partial charge on any atom is -0.396 e. The molecule has 0 aliphatic heterocycles. The Morgan fingerprint density at radius 2 is 2.24 bits per heavy atom. The Kier molecular flexibility index (Phi) is 3.47. The van der Waals surface area contributed by atoms with Crippen LogP contribution in [-0.4, -0.2) is 21.3 Å². The van der Waals surface area contributed by atoms with Crippen molar-refractivity contribution in [3.8, 4) is 0 Å². The predicted octanol–water partition coefficient (Wildman–Crippen LogP) is 0.569. The zero-order valence-electron chi connectivity index (χ0n) is 9.98. The van der Waals surface area contributed by atoms with Gasteiger partial charge in [-0.25, -0.2) is 4.79 Å². The van der Waals surface area contributed by atoms with Gasteiger partial charge in [0.1, 0.15) is 0 Å². The number of aliphatic hydroxyl groups is 1. The van der Waals surface area contributed by atoms with E-state index in [0.717, 1.165) is 25.7 Å². The molecule has 2 atom stereocenters. The van der Waals surface area contributed by atoms with E-state index in [2.05, 4.69) is 4.98 Å². The number of aliphatic hydroxyl groups excluding tert-OH is 1. The standard InChI is InChI=1S/C12H18N2O3/c1-8-6-14(12(17)13-11(8)16)10-4-2-3-9(5-10)7-15/h6,9-10,15H,2-5,7H2,1H3,(H,13,16,17)/t9-,10+/m1/s1. The molecule has 1 aliphatic carbocycles. The second-order valence-electron chi connectivity index (χ2n) is 4.85. The molecule has 0 spiro atoms. The van der Waals surface area contributed by atoms with Crippen LogP contribution in [0.3, 0.4) is 0 Å². The Bertz CT molecular complexity index is 503. The summed E-state index contributed by atoms with van der Waals surface area (Å²) >= 11 is 0. The minimum atomic E-state index is -0.343. The van der Waals surface area contributed by atoms with Crippen molar-refractivity contribution in [2.45, 2.75) is 38.6 Å². The first-order valence-electron chi connectivity index (χ1n) is 6.04. The predicted molar refractivity (Wildman–Crippen MR) is 64.1 cm³/mol. The highest BCUT2D eigenvalue weighted by molar-refractivity contribution is 5.02. The number of aromatic nitrogens is 2. The molecule has 0 saturated heterocycles. The molecule has 0 radical (unpaired) electrons. The normalized spacial score (nSPS) is 24.8. The van der Waals surface area contributed by atoms with E-state index < -0.39 is 0 Å². The van der Waals surface area contributed by atoms with Gasteiger partial charge in [-0.3, -0.25) is 14.3 Å². The lowest BCUT2D eigenvalue weighted by Crippen LogP contribution is -2.35. The summed E-state index contributed by atoms with van der Waals surface area (Å²) in [5.41, 5.74) is -0.110. The van der Waals surface area contributed by atoms with E-state index in [0.29, 0.717) is 5.56 Å². The summed E-state index contributed by atoms with van der Waals surface area (Å²) in [6.45, 7) is 1.87. The summed E-state index contributed by atoms with van der Waals surface area (Å²) in [7, 11) is 0. The van der Waals surface area contributed by atoms with Crippen LogP contribution in [-0.2, 0) is 0 Å². The highest BCUT2D eigenvalue weighted by Crippen LogP contribution is 2.31. The second-order valence-corrected chi connectivity index (χ2v) is 4.85. The van der Waals surface area contributed by atoms with Gasteiger partial charge in [0.05, 0.1) is 0 Å². The van der Waals surface area contributed by atoms with E-state index in [-0.39, 0.29) is 29.8 Å². The molecule has 2 N–H and O–H groups in total. The molecule has 1 aromatic heterocycles. The first kappa shape index (κ1) is 12.1. The fourth-order valence-electron chi connectivity index (χ4n) is 2.54. The molecule has 2 rings (SSSR count). The van der Waals surface area contributed by atoms with Crippen molar-refractivity contribution in [2.75, 3.05) is 6.61 Å². The van der Waals surface area contributed by atoms with Gasteiger partial charge in [-0.1, -0.05) is 6.42 Å². The number of nitrogens with one attached hydrogen (secondary N) is 1. The van der Waals surface area contributed by atoms with Crippen LogP contribution in [0.2, 0.25) is 0 Å². The molecule has 1 heterocycles. The van der Waals surface area contributed by atoms with E-state index in [1.807, 2.05) is 0 Å². The molecule has 5 heteroatoms. The molecule has 1 fully saturated rings. The van der Waals surface area contributed by atoms with Crippen LogP contribution >= 0.6 is 0 Å². The lowest BCUT2D eigenvalue weighted by molar-refractivity contribution is 0.160. The van der Waals surface area contributed by atoms with Crippen molar-refractivity contribution >= 4 is 0 Å². The summed E-state index contributed by atoms with van der Waals surface area (Å²) in [6.07, 6.45) is 5.40. The van der Waals surface area contributed by atoms with E-state index in [9.17, 15) is 14.7 Å². The highest BCUT2D eigenvalue weighted by Gasteiger charge is 2.23. The molecule has 5 nitrogen and oxygen atoms in total. The maximum Gasteiger partial charge on any atom is 0.328 e. The van der Waals surface area contributed by atoms with Crippen LogP contribution < -0.4 is 11.2 Å². The van der Waals surface area contributed by atoms with Crippen molar-refractivity contribution in [2.24, 2.45) is 5.92 Å². The molecule has 0 unspecified atom stereocenters. The molecule has 94 valence electrons. The van der Waals surface area contributed by atoms with Crippen LogP contribution in [0.4, 0.5) is 0 Å². The van der Waals surface area contributed by atoms with Gasteiger partial charge in [-0.05, 0) is 32.1 Å². The van der Waals surface area contributed by atoms with Crippen molar-refractivity contribution in [3.63, 3.8) is 0 Å². The number of hydrogen-bond donors (Lipinski definition) is 2. The molecular formula is C12H18N2O3. The largest absolute Gasteiger partial charge is 0.396 e. The van der Waals surface area contributed by atoms with E-state index in [1.165, 1.54) is 0 Å². The summed E-state index contributed by atoms with van der Waals surface area (Å²) in [5, 5.41) is 9.18. The first-order chi connectivity index (χ1) is 8.11. The third kappa shape index (κ3) is 2.49. The fraction of sp³-hybridized carbons (Fsp3) is 0.667. The molecule has 1 saturated carbocycles. The van der Waals surface area contributed by atoms with Gasteiger partial charge in [-0.15, -0.1) is 0 Å². The number of aryl methyl sites for hydroxylation is 1. The van der Waals surface area contributed by atoms with Gasteiger partial charge in [0.15, 0.2) is 0 Å². The highest BCUT2D eigenvalue weighted by atomic mass is 16.3. The van der Waals surface area contributed by atoms with Gasteiger partial charge in [0.25, 0.3) is 5.56 Å². The quantitative estimate of drug-likeness (QED) is 0.791. The van der Waals surface area contributed by atoms with Crippen molar-refractivity contribution < 1.29 is 5.11 Å². The molecule has 0 amide bonds. The summed E-state index contributed by atoms with van der Waals surface area (Å²) in [4.78, 5) is 25.3. The van der Waals surface area contributed by atoms with Crippen LogP contribution in [0.15, 0.2) is 15.8 Å². The average Bonchev–Trinajstić information content (AvgIpc) is 2.34. The maximum atomic E-state index is 11.7. The van der Waals surface area contributed by atoms with Crippen molar-refractivity contribution in [1.82, 2.24) is 9.55 Å². The number of rotatable bonds is 2. The molecule has 1 aliphatic rings. The van der Waals surface area contributed by atoms with Crippen LogP contribution in [0, 0.1) is 12.8 Å². The van der Waals surface area contributed by atoms with Gasteiger partial charge in [-0.2, -0.15) is 0 Å². The molecule has 0 aromatic carbocycles. The number of H-pyrrole nitrogens is 1. The topological polar surface area (TPSA) is 75.1 Å². The van der Waals surface area contributed by atoms with Crippen molar-refractivity contribution in [1.29, 1.82) is 0 Å². The molecule has 1 aromatic rings. The lowest BCUT2D eigenvalue weighted by atomic mass is 9.86. The third-order valence-corrected chi connectivity index (χ3v) is 3.55. The first-order valence-corrected chi connectivity index (χ1v) is 6.04. The number of hydrogen-bond acceptors (Lipinski definition) is 3. The summed E-state index contributed by atoms with van der Waals surface area (Å²) in [6, 6.07) is 0.101. The third-order valence-electron chi connectivity index (χ3n) is 3.55.